The second kappa shape index (κ2) is 9.91. The molecule has 1 amide bonds. The maximum absolute atomic E-state index is 14.0. The Labute approximate surface area is 191 Å². The van der Waals surface area contributed by atoms with E-state index in [4.69, 9.17) is 11.6 Å². The first kappa shape index (κ1) is 22.7. The van der Waals surface area contributed by atoms with Crippen LogP contribution in [0.4, 0.5) is 10.1 Å². The van der Waals surface area contributed by atoms with E-state index in [0.29, 0.717) is 14.7 Å². The lowest BCUT2D eigenvalue weighted by molar-refractivity contribution is -0.113. The van der Waals surface area contributed by atoms with Crippen LogP contribution in [0.25, 0.3) is 5.69 Å². The average Bonchev–Trinajstić information content (AvgIpc) is 3.12. The van der Waals surface area contributed by atoms with Crippen molar-refractivity contribution < 1.29 is 9.18 Å². The Bertz CT molecular complexity index is 1040. The number of benzene rings is 2. The smallest absolute Gasteiger partial charge is 0.234 e. The van der Waals surface area contributed by atoms with Crippen molar-refractivity contribution in [3.8, 4) is 5.69 Å². The number of hydrogen-bond acceptors (Lipinski definition) is 5. The zero-order valence-electron chi connectivity index (χ0n) is 16.6. The third kappa shape index (κ3) is 5.40. The summed E-state index contributed by atoms with van der Waals surface area (Å²) in [5.41, 5.74) is 0.972. The number of rotatable bonds is 7. The minimum absolute atomic E-state index is 0.00628. The quantitative estimate of drug-likeness (QED) is 0.442. The van der Waals surface area contributed by atoms with Gasteiger partial charge in [-0.1, -0.05) is 39.3 Å². The van der Waals surface area contributed by atoms with Gasteiger partial charge >= 0.3 is 0 Å². The standard InChI is InChI=1S/C20H20BrClFN5OS/c1-12(27(2)3)19-25-26-20(28(19)15-7-5-14(22)6-8-15)30-11-18(29)24-17-9-4-13(21)10-16(17)23/h4-10,12H,11H2,1-3H3,(H,24,29). The van der Waals surface area contributed by atoms with Crippen molar-refractivity contribution in [2.24, 2.45) is 0 Å². The molecule has 0 aliphatic heterocycles. The summed E-state index contributed by atoms with van der Waals surface area (Å²) < 4.78 is 16.5. The van der Waals surface area contributed by atoms with Crippen molar-refractivity contribution in [3.63, 3.8) is 0 Å². The fraction of sp³-hybridized carbons (Fsp3) is 0.250. The lowest BCUT2D eigenvalue weighted by atomic mass is 10.2. The number of anilines is 1. The molecule has 0 fully saturated rings. The molecule has 1 atom stereocenters. The second-order valence-corrected chi connectivity index (χ2v) is 9.05. The van der Waals surface area contributed by atoms with E-state index < -0.39 is 5.82 Å². The first-order chi connectivity index (χ1) is 14.3. The number of halogens is 3. The van der Waals surface area contributed by atoms with Gasteiger partial charge in [0.1, 0.15) is 5.82 Å². The van der Waals surface area contributed by atoms with E-state index in [9.17, 15) is 9.18 Å². The van der Waals surface area contributed by atoms with Gasteiger partial charge in [0.15, 0.2) is 11.0 Å². The van der Waals surface area contributed by atoms with E-state index in [1.54, 1.807) is 18.2 Å². The third-order valence-corrected chi connectivity index (χ3v) is 6.10. The summed E-state index contributed by atoms with van der Waals surface area (Å²) in [5.74, 6) is -0.0511. The van der Waals surface area contributed by atoms with Gasteiger partial charge in [-0.3, -0.25) is 14.3 Å². The molecule has 0 radical (unpaired) electrons. The molecule has 1 unspecified atom stereocenters. The second-order valence-electron chi connectivity index (χ2n) is 6.75. The fourth-order valence-electron chi connectivity index (χ4n) is 2.62. The number of carbonyl (C=O) groups is 1. The lowest BCUT2D eigenvalue weighted by Gasteiger charge is -2.20. The van der Waals surface area contributed by atoms with Crippen LogP contribution in [0.2, 0.25) is 5.02 Å². The molecular weight excluding hydrogens is 493 g/mol. The van der Waals surface area contributed by atoms with E-state index in [1.165, 1.54) is 23.9 Å². The minimum Gasteiger partial charge on any atom is -0.323 e. The maximum Gasteiger partial charge on any atom is 0.234 e. The fourth-order valence-corrected chi connectivity index (χ4v) is 3.83. The summed E-state index contributed by atoms with van der Waals surface area (Å²) in [4.78, 5) is 14.4. The van der Waals surface area contributed by atoms with E-state index >= 15 is 0 Å². The summed E-state index contributed by atoms with van der Waals surface area (Å²) in [6.07, 6.45) is 0. The van der Waals surface area contributed by atoms with Crippen LogP contribution in [-0.4, -0.2) is 45.4 Å². The highest BCUT2D eigenvalue weighted by atomic mass is 79.9. The van der Waals surface area contributed by atoms with Gasteiger partial charge in [-0.05, 0) is 63.5 Å². The predicted octanol–water partition coefficient (Wildman–Crippen LogP) is 5.18. The van der Waals surface area contributed by atoms with Gasteiger partial charge in [-0.15, -0.1) is 10.2 Å². The number of nitrogens with zero attached hydrogens (tertiary/aromatic N) is 4. The Balaban J connectivity index is 1.81. The van der Waals surface area contributed by atoms with Crippen LogP contribution in [0.3, 0.4) is 0 Å². The third-order valence-electron chi connectivity index (χ3n) is 4.43. The summed E-state index contributed by atoms with van der Waals surface area (Å²) >= 11 is 10.4. The summed E-state index contributed by atoms with van der Waals surface area (Å²) in [6.45, 7) is 2.02. The number of carbonyl (C=O) groups excluding carboxylic acids is 1. The van der Waals surface area contributed by atoms with E-state index in [2.05, 4.69) is 31.4 Å². The van der Waals surface area contributed by atoms with E-state index in [-0.39, 0.29) is 23.4 Å². The summed E-state index contributed by atoms with van der Waals surface area (Å²) in [7, 11) is 3.91. The zero-order valence-corrected chi connectivity index (χ0v) is 19.7. The van der Waals surface area contributed by atoms with Gasteiger partial charge in [0.25, 0.3) is 0 Å². The molecule has 2 aromatic carbocycles. The first-order valence-corrected chi connectivity index (χ1v) is 11.2. The number of amides is 1. The Morgan fingerprint density at radius 3 is 2.60 bits per heavy atom. The van der Waals surface area contributed by atoms with Crippen LogP contribution in [-0.2, 0) is 4.79 Å². The molecular formula is C20H20BrClFN5OS. The molecule has 0 aliphatic rings. The molecule has 0 spiro atoms. The van der Waals surface area contributed by atoms with Crippen molar-refractivity contribution in [3.05, 3.63) is 63.6 Å². The molecule has 3 rings (SSSR count). The van der Waals surface area contributed by atoms with Gasteiger partial charge in [0.05, 0.1) is 17.5 Å². The molecule has 0 aliphatic carbocycles. The van der Waals surface area contributed by atoms with Crippen LogP contribution in [0.5, 0.6) is 0 Å². The highest BCUT2D eigenvalue weighted by Crippen LogP contribution is 2.28. The Kier molecular flexibility index (Phi) is 7.51. The van der Waals surface area contributed by atoms with Crippen molar-refractivity contribution in [1.29, 1.82) is 0 Å². The molecule has 1 aromatic heterocycles. The molecule has 1 heterocycles. The SMILES string of the molecule is CC(c1nnc(SCC(=O)Nc2ccc(Br)cc2F)n1-c1ccc(Cl)cc1)N(C)C. The van der Waals surface area contributed by atoms with Crippen LogP contribution in [0.15, 0.2) is 52.1 Å². The molecule has 0 saturated carbocycles. The largest absolute Gasteiger partial charge is 0.323 e. The van der Waals surface area contributed by atoms with Gasteiger partial charge in [-0.2, -0.15) is 0 Å². The van der Waals surface area contributed by atoms with E-state index in [1.807, 2.05) is 42.6 Å². The Morgan fingerprint density at radius 1 is 1.27 bits per heavy atom. The number of nitrogens with one attached hydrogen (secondary N) is 1. The van der Waals surface area contributed by atoms with Crippen LogP contribution >= 0.6 is 39.3 Å². The Hall–Kier alpha value is -1.94. The van der Waals surface area contributed by atoms with Crippen LogP contribution < -0.4 is 5.32 Å². The summed E-state index contributed by atoms with van der Waals surface area (Å²) in [6, 6.07) is 11.8. The van der Waals surface area contributed by atoms with E-state index in [0.717, 1.165) is 11.5 Å². The average molecular weight is 513 g/mol. The predicted molar refractivity (Wildman–Crippen MR) is 122 cm³/mol. The molecule has 10 heteroatoms. The minimum atomic E-state index is -0.505. The first-order valence-electron chi connectivity index (χ1n) is 9.01. The lowest BCUT2D eigenvalue weighted by Crippen LogP contribution is -2.21. The normalized spacial score (nSPS) is 12.2. The molecule has 3 aromatic rings. The van der Waals surface area contributed by atoms with Crippen molar-refractivity contribution in [2.45, 2.75) is 18.1 Å². The molecule has 0 bridgehead atoms. The monoisotopic (exact) mass is 511 g/mol. The van der Waals surface area contributed by atoms with Gasteiger partial charge in [0, 0.05) is 15.2 Å². The Morgan fingerprint density at radius 2 is 1.97 bits per heavy atom. The number of hydrogen-bond donors (Lipinski definition) is 1. The molecule has 158 valence electrons. The highest BCUT2D eigenvalue weighted by molar-refractivity contribution is 9.10. The molecule has 1 N–H and O–H groups in total. The van der Waals surface area contributed by atoms with Gasteiger partial charge < -0.3 is 5.32 Å². The zero-order chi connectivity index (χ0) is 21.8. The number of thioether (sulfide) groups is 1. The van der Waals surface area contributed by atoms with Gasteiger partial charge in [0.2, 0.25) is 5.91 Å². The van der Waals surface area contributed by atoms with Crippen molar-refractivity contribution in [1.82, 2.24) is 19.7 Å². The van der Waals surface area contributed by atoms with Crippen LogP contribution in [0.1, 0.15) is 18.8 Å². The number of aromatic nitrogens is 3. The topological polar surface area (TPSA) is 63.1 Å². The molecule has 0 saturated heterocycles. The summed E-state index contributed by atoms with van der Waals surface area (Å²) in [5, 5.41) is 12.4. The van der Waals surface area contributed by atoms with Crippen molar-refractivity contribution >= 4 is 50.9 Å². The maximum atomic E-state index is 14.0. The molecule has 6 nitrogen and oxygen atoms in total. The van der Waals surface area contributed by atoms with Gasteiger partial charge in [-0.25, -0.2) is 4.39 Å². The molecule has 30 heavy (non-hydrogen) atoms. The highest BCUT2D eigenvalue weighted by Gasteiger charge is 2.21. The van der Waals surface area contributed by atoms with Crippen molar-refractivity contribution in [2.75, 3.05) is 25.2 Å². The van der Waals surface area contributed by atoms with Crippen LogP contribution in [0, 0.1) is 5.82 Å².